The standard InChI is InChI=1S/C89H66O3/c90-85(91-81-65-37-63-79(86(67-39-13-1-14-40-67,68-41-15-2-16-42-68)69-43-17-3-18-44-69)83(81)88(73-51-25-7-26-52-73,74-53-27-8-28-54-74)75-55-29-9-30-56-75)92-82-66-38-64-80(87(70-45-19-4-20-46-70,71-47-21-5-22-48-71)72-49-23-6-24-50-72)84(82)89(76-57-31-10-32-58-76,77-59-33-11-34-60-77)78-61-35-12-36-62-78/h1-66H. The third-order valence-corrected chi connectivity index (χ3v) is 18.5. The van der Waals surface area contributed by atoms with Crippen molar-refractivity contribution in [3.05, 3.63) is 489 Å². The maximum absolute atomic E-state index is 16.7. The predicted octanol–water partition coefficient (Wildman–Crippen LogP) is 20.8. The number of ether oxygens (including phenoxy) is 2. The van der Waals surface area contributed by atoms with Gasteiger partial charge in [0.15, 0.2) is 0 Å². The minimum atomic E-state index is -1.16. The lowest BCUT2D eigenvalue weighted by Gasteiger charge is -2.45. The Bertz CT molecular complexity index is 4000. The zero-order valence-electron chi connectivity index (χ0n) is 50.8. The van der Waals surface area contributed by atoms with Gasteiger partial charge in [-0.25, -0.2) is 4.79 Å². The van der Waals surface area contributed by atoms with Crippen LogP contribution < -0.4 is 9.47 Å². The van der Waals surface area contributed by atoms with Gasteiger partial charge in [0, 0.05) is 11.1 Å². The first-order valence-corrected chi connectivity index (χ1v) is 31.4. The van der Waals surface area contributed by atoms with Crippen LogP contribution in [0.1, 0.15) is 89.0 Å². The van der Waals surface area contributed by atoms with Crippen molar-refractivity contribution in [1.82, 2.24) is 0 Å². The van der Waals surface area contributed by atoms with Gasteiger partial charge < -0.3 is 9.47 Å². The molecule has 3 nitrogen and oxygen atoms in total. The van der Waals surface area contributed by atoms with E-state index in [0.717, 1.165) is 89.0 Å². The van der Waals surface area contributed by atoms with Crippen molar-refractivity contribution in [2.45, 2.75) is 21.7 Å². The Morgan fingerprint density at radius 1 is 0.174 bits per heavy atom. The first-order valence-electron chi connectivity index (χ1n) is 31.4. The molecule has 14 aromatic rings. The lowest BCUT2D eigenvalue weighted by atomic mass is 9.57. The van der Waals surface area contributed by atoms with Crippen LogP contribution in [0.2, 0.25) is 0 Å². The van der Waals surface area contributed by atoms with Crippen LogP contribution in [-0.2, 0) is 21.7 Å². The Hall–Kier alpha value is -11.7. The van der Waals surface area contributed by atoms with E-state index in [1.165, 1.54) is 0 Å². The molecule has 0 saturated heterocycles. The molecular weight excluding hydrogens is 1120 g/mol. The largest absolute Gasteiger partial charge is 0.519 e. The minimum absolute atomic E-state index is 0.321. The van der Waals surface area contributed by atoms with Crippen LogP contribution in [0.5, 0.6) is 11.5 Å². The molecule has 0 amide bonds. The highest BCUT2D eigenvalue weighted by Crippen LogP contribution is 2.59. The number of hydrogen-bond donors (Lipinski definition) is 0. The van der Waals surface area contributed by atoms with Crippen LogP contribution in [0.3, 0.4) is 0 Å². The van der Waals surface area contributed by atoms with Crippen molar-refractivity contribution in [2.75, 3.05) is 0 Å². The Labute approximate surface area is 539 Å². The highest BCUT2D eigenvalue weighted by atomic mass is 16.7. The number of carbonyl (C=O) groups is 1. The molecule has 0 aliphatic rings. The SMILES string of the molecule is O=C(Oc1cccc(C(c2ccccc2)(c2ccccc2)c2ccccc2)c1C(c1ccccc1)(c1ccccc1)c1ccccc1)Oc1cccc(C(c2ccccc2)(c2ccccc2)c2ccccc2)c1C(c1ccccc1)(c1ccccc1)c1ccccc1. The molecule has 14 aromatic carbocycles. The van der Waals surface area contributed by atoms with Crippen molar-refractivity contribution in [2.24, 2.45) is 0 Å². The van der Waals surface area contributed by atoms with E-state index in [0.29, 0.717) is 11.5 Å². The maximum Gasteiger partial charge on any atom is 0.519 e. The highest BCUT2D eigenvalue weighted by molar-refractivity contribution is 5.78. The van der Waals surface area contributed by atoms with Gasteiger partial charge >= 0.3 is 6.16 Å². The fourth-order valence-electron chi connectivity index (χ4n) is 14.9. The van der Waals surface area contributed by atoms with Gasteiger partial charge in [-0.15, -0.1) is 0 Å². The summed E-state index contributed by atoms with van der Waals surface area (Å²) in [5.74, 6) is 0.642. The van der Waals surface area contributed by atoms with Gasteiger partial charge in [0.25, 0.3) is 0 Å². The molecule has 0 fully saturated rings. The van der Waals surface area contributed by atoms with E-state index in [-0.39, 0.29) is 0 Å². The molecule has 3 heteroatoms. The Morgan fingerprint density at radius 2 is 0.326 bits per heavy atom. The van der Waals surface area contributed by atoms with Crippen molar-refractivity contribution in [3.8, 4) is 11.5 Å². The van der Waals surface area contributed by atoms with E-state index >= 15 is 4.79 Å². The minimum Gasteiger partial charge on any atom is -0.394 e. The predicted molar refractivity (Wildman–Crippen MR) is 373 cm³/mol. The number of rotatable bonds is 18. The number of carbonyl (C=O) groups excluding carboxylic acids is 1. The summed E-state index contributed by atoms with van der Waals surface area (Å²) < 4.78 is 14.7. The van der Waals surface area contributed by atoms with E-state index in [9.17, 15) is 0 Å². The summed E-state index contributed by atoms with van der Waals surface area (Å²) in [6.07, 6.45) is -0.914. The van der Waals surface area contributed by atoms with Gasteiger partial charge in [0.1, 0.15) is 11.5 Å². The summed E-state index contributed by atoms with van der Waals surface area (Å²) in [5, 5.41) is 0. The van der Waals surface area contributed by atoms with E-state index in [1.54, 1.807) is 0 Å². The molecule has 14 rings (SSSR count). The molecule has 0 unspecified atom stereocenters. The zero-order chi connectivity index (χ0) is 62.1. The molecule has 0 N–H and O–H groups in total. The van der Waals surface area contributed by atoms with Gasteiger partial charge in [-0.05, 0) is 90.0 Å². The number of hydrogen-bond acceptors (Lipinski definition) is 3. The summed E-state index contributed by atoms with van der Waals surface area (Å²) in [4.78, 5) is 16.7. The molecule has 0 heterocycles. The van der Waals surface area contributed by atoms with Crippen molar-refractivity contribution in [3.63, 3.8) is 0 Å². The Balaban J connectivity index is 1.11. The van der Waals surface area contributed by atoms with E-state index < -0.39 is 27.8 Å². The summed E-state index contributed by atoms with van der Waals surface area (Å²) in [7, 11) is 0. The second-order valence-electron chi connectivity index (χ2n) is 23.2. The summed E-state index contributed by atoms with van der Waals surface area (Å²) in [6, 6.07) is 141. The van der Waals surface area contributed by atoms with Crippen LogP contribution in [-0.4, -0.2) is 6.16 Å². The molecule has 440 valence electrons. The maximum atomic E-state index is 16.7. The number of benzene rings is 14. The van der Waals surface area contributed by atoms with Crippen molar-refractivity contribution < 1.29 is 14.3 Å². The van der Waals surface area contributed by atoms with Crippen molar-refractivity contribution >= 4 is 6.16 Å². The normalized spacial score (nSPS) is 11.7. The molecule has 0 saturated carbocycles. The second kappa shape index (κ2) is 25.8. The fourth-order valence-corrected chi connectivity index (χ4v) is 14.9. The third-order valence-electron chi connectivity index (χ3n) is 18.5. The van der Waals surface area contributed by atoms with Gasteiger partial charge in [-0.3, -0.25) is 0 Å². The lowest BCUT2D eigenvalue weighted by molar-refractivity contribution is 0.150. The van der Waals surface area contributed by atoms with Crippen LogP contribution in [0.4, 0.5) is 4.79 Å². The first kappa shape index (κ1) is 58.1. The summed E-state index contributed by atoms with van der Waals surface area (Å²) >= 11 is 0. The monoisotopic (exact) mass is 1180 g/mol. The summed E-state index contributed by atoms with van der Waals surface area (Å²) in [6.45, 7) is 0. The fraction of sp³-hybridized carbons (Fsp3) is 0.0449. The molecule has 92 heavy (non-hydrogen) atoms. The quantitative estimate of drug-likeness (QED) is 0.0488. The van der Waals surface area contributed by atoms with Gasteiger partial charge in [-0.2, -0.15) is 0 Å². The molecule has 0 radical (unpaired) electrons. The highest BCUT2D eigenvalue weighted by Gasteiger charge is 2.51. The topological polar surface area (TPSA) is 35.5 Å². The smallest absolute Gasteiger partial charge is 0.394 e. The van der Waals surface area contributed by atoms with E-state index in [2.05, 4.69) is 376 Å². The Morgan fingerprint density at radius 3 is 0.489 bits per heavy atom. The third kappa shape index (κ3) is 10.0. The average Bonchev–Trinajstić information content (AvgIpc) is 0.711. The molecule has 0 spiro atoms. The summed E-state index contributed by atoms with van der Waals surface area (Å²) in [5.41, 5.74) is 11.0. The van der Waals surface area contributed by atoms with Crippen LogP contribution in [0, 0.1) is 0 Å². The Kier molecular flexibility index (Phi) is 16.3. The van der Waals surface area contributed by atoms with Gasteiger partial charge in [-0.1, -0.05) is 388 Å². The lowest BCUT2D eigenvalue weighted by Crippen LogP contribution is -2.39. The molecule has 0 aromatic heterocycles. The molecule has 0 atom stereocenters. The van der Waals surface area contributed by atoms with Crippen LogP contribution >= 0.6 is 0 Å². The molecule has 0 aliphatic heterocycles. The average molecular weight is 1180 g/mol. The first-order chi connectivity index (χ1) is 45.6. The van der Waals surface area contributed by atoms with Crippen LogP contribution in [0.15, 0.2) is 400 Å². The van der Waals surface area contributed by atoms with Crippen molar-refractivity contribution in [1.29, 1.82) is 0 Å². The molecule has 0 bridgehead atoms. The van der Waals surface area contributed by atoms with E-state index in [4.69, 9.17) is 9.47 Å². The molecule has 0 aliphatic carbocycles. The molecular formula is C89H66O3. The van der Waals surface area contributed by atoms with Gasteiger partial charge in [0.2, 0.25) is 0 Å². The zero-order valence-corrected chi connectivity index (χ0v) is 50.8. The second-order valence-corrected chi connectivity index (χ2v) is 23.2. The van der Waals surface area contributed by atoms with Gasteiger partial charge in [0.05, 0.1) is 21.7 Å². The van der Waals surface area contributed by atoms with E-state index in [1.807, 2.05) is 24.3 Å². The van der Waals surface area contributed by atoms with Crippen LogP contribution in [0.25, 0.3) is 0 Å².